The first-order valence-electron chi connectivity index (χ1n) is 4.33. The van der Waals surface area contributed by atoms with E-state index in [1.165, 1.54) is 11.8 Å². The van der Waals surface area contributed by atoms with Crippen LogP contribution in [-0.4, -0.2) is 0 Å². The molecule has 0 spiro atoms. The van der Waals surface area contributed by atoms with Gasteiger partial charge in [0.2, 0.25) is 0 Å². The van der Waals surface area contributed by atoms with Gasteiger partial charge in [-0.3, -0.25) is 0 Å². The Labute approximate surface area is 60.6 Å². The Kier molecular flexibility index (Phi) is 0.450. The second-order valence-electron chi connectivity index (χ2n) is 4.23. The van der Waals surface area contributed by atoms with Crippen LogP contribution in [-0.2, 0) is 0 Å². The van der Waals surface area contributed by atoms with Crippen LogP contribution in [0.25, 0.3) is 0 Å². The van der Waals surface area contributed by atoms with E-state index in [1.54, 1.807) is 0 Å². The smallest absolute Gasteiger partial charge is 0.0130 e. The van der Waals surface area contributed by atoms with Gasteiger partial charge in [0, 0.05) is 0 Å². The maximum atomic E-state index is 2.44. The van der Waals surface area contributed by atoms with E-state index in [9.17, 15) is 0 Å². The van der Waals surface area contributed by atoms with Crippen molar-refractivity contribution in [1.29, 1.82) is 0 Å². The third kappa shape index (κ3) is 0.264. The molecule has 0 saturated heterocycles. The van der Waals surface area contributed by atoms with Crippen molar-refractivity contribution in [1.82, 2.24) is 0 Å². The topological polar surface area (TPSA) is 0 Å². The Morgan fingerprint density at radius 1 is 0.600 bits per heavy atom. The fourth-order valence-corrected chi connectivity index (χ4v) is 3.58. The molecule has 0 aromatic heterocycles. The van der Waals surface area contributed by atoms with E-state index in [4.69, 9.17) is 0 Å². The lowest BCUT2D eigenvalue weighted by Crippen LogP contribution is -2.05. The van der Waals surface area contributed by atoms with Gasteiger partial charge in [0.1, 0.15) is 0 Å². The molecule has 0 heterocycles. The van der Waals surface area contributed by atoms with Gasteiger partial charge in [0.05, 0.1) is 0 Å². The van der Waals surface area contributed by atoms with E-state index < -0.39 is 0 Å². The van der Waals surface area contributed by atoms with E-state index in [0.717, 1.165) is 23.7 Å². The summed E-state index contributed by atoms with van der Waals surface area (Å²) >= 11 is 0. The fourth-order valence-electron chi connectivity index (χ4n) is 3.58. The molecule has 0 aliphatic heterocycles. The highest BCUT2D eigenvalue weighted by atomic mass is 14.9. The van der Waals surface area contributed by atoms with Crippen LogP contribution in [0.15, 0.2) is 24.3 Å². The Hall–Kier alpha value is -0.520. The predicted octanol–water partition coefficient (Wildman–Crippen LogP) is 1.85. The van der Waals surface area contributed by atoms with Gasteiger partial charge in [-0.25, -0.2) is 0 Å². The lowest BCUT2D eigenvalue weighted by atomic mass is 9.92. The van der Waals surface area contributed by atoms with Crippen molar-refractivity contribution < 1.29 is 0 Å². The molecule has 2 bridgehead atoms. The Morgan fingerprint density at radius 3 is 1.60 bits per heavy atom. The number of rotatable bonds is 0. The molecule has 50 valence electrons. The van der Waals surface area contributed by atoms with Crippen LogP contribution in [0.4, 0.5) is 0 Å². The Bertz CT molecular complexity index is 225. The SMILES string of the molecule is C1=CC2C(C=C1)C1C3C2C13. The Morgan fingerprint density at radius 2 is 1.10 bits per heavy atom. The Balaban J connectivity index is 1.89. The summed E-state index contributed by atoms with van der Waals surface area (Å²) in [6.45, 7) is 0. The molecular weight excluding hydrogens is 120 g/mol. The number of hydrogen-bond donors (Lipinski definition) is 0. The molecule has 0 nitrogen and oxygen atoms in total. The van der Waals surface area contributed by atoms with Crippen LogP contribution < -0.4 is 0 Å². The molecule has 0 radical (unpaired) electrons. The van der Waals surface area contributed by atoms with Gasteiger partial charge in [0.25, 0.3) is 0 Å². The van der Waals surface area contributed by atoms with Crippen molar-refractivity contribution in [3.05, 3.63) is 24.3 Å². The summed E-state index contributed by atoms with van der Waals surface area (Å²) in [7, 11) is 0. The fraction of sp³-hybridized carbons (Fsp3) is 0.600. The monoisotopic (exact) mass is 130 g/mol. The zero-order valence-electron chi connectivity index (χ0n) is 5.77. The standard InChI is InChI=1S/C10H10/c1-2-4-6-5(3-1)7-9-8(6)10(7)9/h1-10H. The highest BCUT2D eigenvalue weighted by Crippen LogP contribution is 2.86. The maximum absolute atomic E-state index is 2.44. The van der Waals surface area contributed by atoms with E-state index in [0.29, 0.717) is 0 Å². The van der Waals surface area contributed by atoms with Crippen LogP contribution >= 0.6 is 0 Å². The van der Waals surface area contributed by atoms with Crippen LogP contribution in [0, 0.1) is 35.5 Å². The van der Waals surface area contributed by atoms with Gasteiger partial charge in [-0.05, 0) is 35.5 Å². The molecule has 5 aliphatic carbocycles. The third-order valence-corrected chi connectivity index (χ3v) is 4.05. The molecule has 0 aromatic carbocycles. The van der Waals surface area contributed by atoms with Gasteiger partial charge in [-0.2, -0.15) is 0 Å². The normalized spacial score (nSPS) is 71.2. The molecule has 0 aromatic rings. The summed E-state index contributed by atoms with van der Waals surface area (Å²) in [5.74, 6) is 6.65. The molecule has 0 heteroatoms. The minimum Gasteiger partial charge on any atom is -0.0805 e. The highest BCUT2D eigenvalue weighted by Gasteiger charge is 2.82. The summed E-state index contributed by atoms with van der Waals surface area (Å²) < 4.78 is 0. The van der Waals surface area contributed by atoms with Crippen molar-refractivity contribution in [2.75, 3.05) is 0 Å². The summed E-state index contributed by atoms with van der Waals surface area (Å²) in [6.07, 6.45) is 9.35. The third-order valence-electron chi connectivity index (χ3n) is 4.05. The second kappa shape index (κ2) is 1.03. The summed E-state index contributed by atoms with van der Waals surface area (Å²) in [6, 6.07) is 0. The van der Waals surface area contributed by atoms with Crippen molar-refractivity contribution >= 4 is 0 Å². The molecule has 0 atom stereocenters. The molecule has 0 amide bonds. The first kappa shape index (κ1) is 4.38. The average molecular weight is 130 g/mol. The first-order chi connectivity index (χ1) is 4.98. The summed E-state index contributed by atoms with van der Waals surface area (Å²) in [4.78, 5) is 0. The van der Waals surface area contributed by atoms with Gasteiger partial charge < -0.3 is 0 Å². The number of hydrogen-bond acceptors (Lipinski definition) is 0. The zero-order valence-corrected chi connectivity index (χ0v) is 5.77. The maximum Gasteiger partial charge on any atom is -0.0130 e. The minimum absolute atomic E-state index is 0.977. The lowest BCUT2D eigenvalue weighted by molar-refractivity contribution is 0.539. The molecule has 0 N–H and O–H groups in total. The molecule has 5 rings (SSSR count). The van der Waals surface area contributed by atoms with E-state index >= 15 is 0 Å². The van der Waals surface area contributed by atoms with Gasteiger partial charge in [0.15, 0.2) is 0 Å². The first-order valence-corrected chi connectivity index (χ1v) is 4.33. The molecule has 4 fully saturated rings. The molecule has 10 heavy (non-hydrogen) atoms. The van der Waals surface area contributed by atoms with Gasteiger partial charge >= 0.3 is 0 Å². The van der Waals surface area contributed by atoms with E-state index in [1.807, 2.05) is 0 Å². The molecule has 4 saturated carbocycles. The highest BCUT2D eigenvalue weighted by molar-refractivity contribution is 5.37. The minimum atomic E-state index is 0.977. The van der Waals surface area contributed by atoms with Crippen molar-refractivity contribution in [3.8, 4) is 0 Å². The van der Waals surface area contributed by atoms with Gasteiger partial charge in [-0.1, -0.05) is 24.3 Å². The van der Waals surface area contributed by atoms with Crippen LogP contribution in [0.1, 0.15) is 0 Å². The molecular formula is C10H10. The van der Waals surface area contributed by atoms with Crippen LogP contribution in [0.5, 0.6) is 0 Å². The lowest BCUT2D eigenvalue weighted by Gasteiger charge is -2.12. The largest absolute Gasteiger partial charge is 0.0805 e. The quantitative estimate of drug-likeness (QED) is 0.469. The average Bonchev–Trinajstić information content (AvgIpc) is 2.78. The summed E-state index contributed by atoms with van der Waals surface area (Å²) in [5, 5.41) is 0. The van der Waals surface area contributed by atoms with Gasteiger partial charge in [-0.15, -0.1) is 0 Å². The predicted molar refractivity (Wildman–Crippen MR) is 39.2 cm³/mol. The van der Waals surface area contributed by atoms with E-state index in [2.05, 4.69) is 24.3 Å². The number of allylic oxidation sites excluding steroid dienone is 4. The van der Waals surface area contributed by atoms with Crippen LogP contribution in [0.2, 0.25) is 0 Å². The zero-order chi connectivity index (χ0) is 6.29. The van der Waals surface area contributed by atoms with Crippen molar-refractivity contribution in [2.24, 2.45) is 35.5 Å². The summed E-state index contributed by atoms with van der Waals surface area (Å²) in [5.41, 5.74) is 0. The van der Waals surface area contributed by atoms with Crippen LogP contribution in [0.3, 0.4) is 0 Å². The second-order valence-corrected chi connectivity index (χ2v) is 4.23. The molecule has 5 aliphatic rings. The van der Waals surface area contributed by atoms with E-state index in [-0.39, 0.29) is 0 Å². The van der Waals surface area contributed by atoms with Crippen molar-refractivity contribution in [2.45, 2.75) is 0 Å². The molecule has 0 unspecified atom stereocenters. The van der Waals surface area contributed by atoms with Crippen molar-refractivity contribution in [3.63, 3.8) is 0 Å².